The first-order valence-corrected chi connectivity index (χ1v) is 16.8. The molecule has 0 fully saturated rings. The second-order valence-electron chi connectivity index (χ2n) is 11.5. The van der Waals surface area contributed by atoms with Crippen LogP contribution >= 0.6 is 27.3 Å². The summed E-state index contributed by atoms with van der Waals surface area (Å²) < 4.78 is 4.44. The molecule has 5 aromatic rings. The van der Waals surface area contributed by atoms with Crippen LogP contribution in [0, 0.1) is 20.8 Å². The Labute approximate surface area is 269 Å². The molecular formula is C35H36BrN5O2S. The number of benzene rings is 2. The van der Waals surface area contributed by atoms with Crippen LogP contribution in [-0.4, -0.2) is 26.3 Å². The molecule has 9 heteroatoms. The Morgan fingerprint density at radius 3 is 2.64 bits per heavy atom. The number of anilines is 1. The number of rotatable bonds is 8. The lowest BCUT2D eigenvalue weighted by atomic mass is 9.95. The number of unbranched alkanes of at least 4 members (excludes halogenated alkanes) is 1. The van der Waals surface area contributed by atoms with Crippen LogP contribution in [0.3, 0.4) is 0 Å². The highest BCUT2D eigenvalue weighted by Gasteiger charge is 2.28. The van der Waals surface area contributed by atoms with Crippen LogP contribution in [0.25, 0.3) is 15.9 Å². The summed E-state index contributed by atoms with van der Waals surface area (Å²) in [5.74, 6) is 0.573. The number of aromatic nitrogens is 3. The fraction of sp³-hybridized carbons (Fsp3) is 0.314. The zero-order chi connectivity index (χ0) is 31.0. The van der Waals surface area contributed by atoms with Crippen LogP contribution in [0.5, 0.6) is 0 Å². The van der Waals surface area contributed by atoms with E-state index in [1.165, 1.54) is 15.1 Å². The number of nitrogens with one attached hydrogen (secondary N) is 1. The van der Waals surface area contributed by atoms with Crippen molar-refractivity contribution in [2.75, 3.05) is 5.32 Å². The van der Waals surface area contributed by atoms with Gasteiger partial charge < -0.3 is 9.88 Å². The smallest absolute Gasteiger partial charge is 0.282 e. The third kappa shape index (κ3) is 5.83. The molecule has 0 unspecified atom stereocenters. The molecule has 0 bridgehead atoms. The lowest BCUT2D eigenvalue weighted by Gasteiger charge is -2.14. The molecule has 0 atom stereocenters. The number of halogens is 1. The molecule has 1 aliphatic rings. The Morgan fingerprint density at radius 1 is 1.09 bits per heavy atom. The Hall–Kier alpha value is -3.82. The van der Waals surface area contributed by atoms with Crippen LogP contribution in [-0.2, 0) is 19.3 Å². The van der Waals surface area contributed by atoms with Crippen molar-refractivity contribution >= 4 is 56.0 Å². The predicted octanol–water partition coefficient (Wildman–Crippen LogP) is 8.29. The maximum atomic E-state index is 13.9. The normalized spacial score (nSPS) is 13.1. The molecular weight excluding hydrogens is 634 g/mol. The van der Waals surface area contributed by atoms with E-state index in [4.69, 9.17) is 10.1 Å². The summed E-state index contributed by atoms with van der Waals surface area (Å²) in [7, 11) is 0. The minimum absolute atomic E-state index is 0.0773. The molecule has 0 aliphatic heterocycles. The summed E-state index contributed by atoms with van der Waals surface area (Å²) in [6, 6.07) is 15.5. The first-order valence-electron chi connectivity index (χ1n) is 15.2. The van der Waals surface area contributed by atoms with Crippen LogP contribution < -0.4 is 10.9 Å². The summed E-state index contributed by atoms with van der Waals surface area (Å²) in [4.78, 5) is 33.6. The van der Waals surface area contributed by atoms with Gasteiger partial charge in [0.15, 0.2) is 0 Å². The molecule has 6 rings (SSSR count). The van der Waals surface area contributed by atoms with E-state index in [-0.39, 0.29) is 11.5 Å². The summed E-state index contributed by atoms with van der Waals surface area (Å²) in [5, 5.41) is 9.33. The molecule has 226 valence electrons. The van der Waals surface area contributed by atoms with Crippen LogP contribution in [0.1, 0.15) is 81.7 Å². The van der Waals surface area contributed by atoms with Gasteiger partial charge in [0.05, 0.1) is 22.7 Å². The number of thiophene rings is 1. The molecule has 3 heterocycles. The van der Waals surface area contributed by atoms with Crippen LogP contribution in [0.15, 0.2) is 62.9 Å². The van der Waals surface area contributed by atoms with Crippen LogP contribution in [0.4, 0.5) is 5.69 Å². The van der Waals surface area contributed by atoms with E-state index in [0.29, 0.717) is 23.1 Å². The number of hydrogen-bond acceptors (Lipinski definition) is 5. The van der Waals surface area contributed by atoms with Gasteiger partial charge in [-0.3, -0.25) is 9.59 Å². The maximum Gasteiger partial charge on any atom is 0.282 e. The molecule has 0 saturated carbocycles. The summed E-state index contributed by atoms with van der Waals surface area (Å²) in [6.45, 7) is 8.26. The second kappa shape index (κ2) is 12.7. The molecule has 0 spiro atoms. The average Bonchev–Trinajstić information content (AvgIpc) is 3.52. The van der Waals surface area contributed by atoms with E-state index in [2.05, 4.69) is 45.7 Å². The first-order chi connectivity index (χ1) is 21.2. The zero-order valence-electron chi connectivity index (χ0n) is 25.5. The molecule has 7 nitrogen and oxygen atoms in total. The van der Waals surface area contributed by atoms with Gasteiger partial charge >= 0.3 is 0 Å². The number of fused-ring (bicyclic) bond motifs is 2. The fourth-order valence-corrected chi connectivity index (χ4v) is 7.79. The van der Waals surface area contributed by atoms with Crippen molar-refractivity contribution < 1.29 is 4.79 Å². The van der Waals surface area contributed by atoms with Crippen molar-refractivity contribution in [3.8, 4) is 5.00 Å². The first kappa shape index (κ1) is 30.2. The van der Waals surface area contributed by atoms with Gasteiger partial charge in [0, 0.05) is 38.4 Å². The van der Waals surface area contributed by atoms with E-state index >= 15 is 0 Å². The Kier molecular flexibility index (Phi) is 8.69. The van der Waals surface area contributed by atoms with Gasteiger partial charge in [0.25, 0.3) is 11.5 Å². The van der Waals surface area contributed by atoms with Crippen molar-refractivity contribution in [1.29, 1.82) is 0 Å². The minimum atomic E-state index is -0.187. The molecule has 1 N–H and O–H groups in total. The van der Waals surface area contributed by atoms with E-state index in [0.717, 1.165) is 81.8 Å². The Balaban J connectivity index is 1.42. The van der Waals surface area contributed by atoms with Crippen molar-refractivity contribution in [3.63, 3.8) is 0 Å². The van der Waals surface area contributed by atoms with Gasteiger partial charge in [-0.15, -0.1) is 11.3 Å². The van der Waals surface area contributed by atoms with E-state index in [9.17, 15) is 9.59 Å². The van der Waals surface area contributed by atoms with Gasteiger partial charge in [0.2, 0.25) is 0 Å². The Bertz CT molecular complexity index is 1970. The average molecular weight is 671 g/mol. The van der Waals surface area contributed by atoms with Crippen molar-refractivity contribution in [3.05, 3.63) is 108 Å². The predicted molar refractivity (Wildman–Crippen MR) is 184 cm³/mol. The monoisotopic (exact) mass is 669 g/mol. The number of amides is 1. The SMILES string of the molecule is CCCCc1nc2ccc(Br)cc2c(=O)n1N=Cc1cc(C)n(-c2sc3c(c2C(=O)Nc2ccc(C)cc2)CCCC3)c1C. The van der Waals surface area contributed by atoms with E-state index in [1.807, 2.05) is 50.2 Å². The third-order valence-electron chi connectivity index (χ3n) is 8.30. The summed E-state index contributed by atoms with van der Waals surface area (Å²) >= 11 is 5.20. The van der Waals surface area contributed by atoms with Gasteiger partial charge in [-0.1, -0.05) is 47.0 Å². The largest absolute Gasteiger partial charge is 0.322 e. The maximum absolute atomic E-state index is 13.9. The number of aryl methyl sites for hydroxylation is 4. The topological polar surface area (TPSA) is 81.3 Å². The molecule has 1 amide bonds. The standard InChI is InChI=1S/C35H36BrN5O2S/c1-5-6-11-31-39-29-17-14-25(36)19-28(29)34(43)41(31)37-20-24-18-22(3)40(23(24)4)35-32(27-9-7-8-10-30(27)44-35)33(42)38-26-15-12-21(2)13-16-26/h12-20H,5-11H2,1-4H3,(H,38,42). The highest BCUT2D eigenvalue weighted by atomic mass is 79.9. The van der Waals surface area contributed by atoms with Gasteiger partial charge in [-0.2, -0.15) is 9.78 Å². The summed E-state index contributed by atoms with van der Waals surface area (Å²) in [5.41, 5.74) is 7.22. The molecule has 2 aromatic carbocycles. The van der Waals surface area contributed by atoms with E-state index in [1.54, 1.807) is 23.6 Å². The van der Waals surface area contributed by atoms with E-state index < -0.39 is 0 Å². The zero-order valence-corrected chi connectivity index (χ0v) is 27.9. The molecule has 0 radical (unpaired) electrons. The number of hydrogen-bond donors (Lipinski definition) is 1. The van der Waals surface area contributed by atoms with Gasteiger partial charge in [-0.25, -0.2) is 4.98 Å². The molecule has 1 aliphatic carbocycles. The quantitative estimate of drug-likeness (QED) is 0.169. The fourth-order valence-electron chi connectivity index (χ4n) is 5.93. The van der Waals surface area contributed by atoms with Crippen molar-refractivity contribution in [2.45, 2.75) is 72.6 Å². The van der Waals surface area contributed by atoms with Crippen LogP contribution in [0.2, 0.25) is 0 Å². The number of nitrogens with zero attached hydrogens (tertiary/aromatic N) is 4. The highest BCUT2D eigenvalue weighted by Crippen LogP contribution is 2.39. The Morgan fingerprint density at radius 2 is 1.86 bits per heavy atom. The lowest BCUT2D eigenvalue weighted by Crippen LogP contribution is -2.22. The third-order valence-corrected chi connectivity index (χ3v) is 10.1. The number of carbonyl (C=O) groups excluding carboxylic acids is 1. The lowest BCUT2D eigenvalue weighted by molar-refractivity contribution is 0.102. The molecule has 3 aromatic heterocycles. The minimum Gasteiger partial charge on any atom is -0.322 e. The van der Waals surface area contributed by atoms with Gasteiger partial charge in [0.1, 0.15) is 10.8 Å². The van der Waals surface area contributed by atoms with Gasteiger partial charge in [-0.05, 0) is 94.8 Å². The molecule has 44 heavy (non-hydrogen) atoms. The second-order valence-corrected chi connectivity index (χ2v) is 13.5. The molecule has 0 saturated heterocycles. The van der Waals surface area contributed by atoms with Crippen molar-refractivity contribution in [1.82, 2.24) is 14.2 Å². The summed E-state index contributed by atoms with van der Waals surface area (Å²) in [6.07, 6.45) is 8.44. The number of carbonyl (C=O) groups is 1. The highest BCUT2D eigenvalue weighted by molar-refractivity contribution is 9.10. The van der Waals surface area contributed by atoms with Crippen molar-refractivity contribution in [2.24, 2.45) is 5.10 Å².